The van der Waals surface area contributed by atoms with Crippen molar-refractivity contribution in [1.29, 1.82) is 0 Å². The molecule has 0 bridgehead atoms. The second kappa shape index (κ2) is 5.56. The van der Waals surface area contributed by atoms with Crippen molar-refractivity contribution in [2.45, 2.75) is 19.5 Å². The van der Waals surface area contributed by atoms with Gasteiger partial charge < -0.3 is 4.90 Å². The van der Waals surface area contributed by atoms with E-state index in [1.165, 1.54) is 19.4 Å². The molecule has 0 amide bonds. The molecule has 5 heteroatoms. The van der Waals surface area contributed by atoms with E-state index in [1.54, 1.807) is 4.57 Å². The fraction of sp³-hybridized carbons (Fsp3) is 0.588. The summed E-state index contributed by atoms with van der Waals surface area (Å²) in [6, 6.07) is 8.05. The molecular weight excluding hydrogens is 276 g/mol. The number of hydrogen-bond acceptors (Lipinski definition) is 3. The average Bonchev–Trinajstić information content (AvgIpc) is 3.33. The molecule has 2 heterocycles. The summed E-state index contributed by atoms with van der Waals surface area (Å²) in [6.07, 6.45) is 2.84. The van der Waals surface area contributed by atoms with Crippen LogP contribution in [0.15, 0.2) is 29.1 Å². The molecule has 4 rings (SSSR count). The molecule has 2 aromatic rings. The Morgan fingerprint density at radius 1 is 1.00 bits per heavy atom. The van der Waals surface area contributed by atoms with Crippen LogP contribution >= 0.6 is 0 Å². The number of aryl methyl sites for hydroxylation is 1. The highest BCUT2D eigenvalue weighted by Gasteiger charge is 2.26. The molecular formula is C17H24N4O. The first-order valence-electron chi connectivity index (χ1n) is 8.31. The molecule has 0 spiro atoms. The van der Waals surface area contributed by atoms with Crippen molar-refractivity contribution < 1.29 is 0 Å². The quantitative estimate of drug-likeness (QED) is 0.854. The monoisotopic (exact) mass is 300 g/mol. The molecule has 1 aliphatic carbocycles. The van der Waals surface area contributed by atoms with Gasteiger partial charge in [0.25, 0.3) is 0 Å². The number of imidazole rings is 1. The van der Waals surface area contributed by atoms with Crippen molar-refractivity contribution in [2.24, 2.45) is 13.0 Å². The van der Waals surface area contributed by atoms with Crippen molar-refractivity contribution in [3.8, 4) is 0 Å². The van der Waals surface area contributed by atoms with E-state index in [0.29, 0.717) is 6.67 Å². The van der Waals surface area contributed by atoms with Gasteiger partial charge in [0.15, 0.2) is 0 Å². The van der Waals surface area contributed by atoms with Crippen LogP contribution in [0.3, 0.4) is 0 Å². The van der Waals surface area contributed by atoms with Crippen molar-refractivity contribution in [3.63, 3.8) is 0 Å². The van der Waals surface area contributed by atoms with Crippen LogP contribution in [0, 0.1) is 5.92 Å². The molecule has 2 fully saturated rings. The fourth-order valence-electron chi connectivity index (χ4n) is 3.48. The van der Waals surface area contributed by atoms with Gasteiger partial charge in [-0.2, -0.15) is 0 Å². The van der Waals surface area contributed by atoms with E-state index >= 15 is 0 Å². The number of piperazine rings is 1. The minimum absolute atomic E-state index is 0.0848. The van der Waals surface area contributed by atoms with Crippen LogP contribution in [0.1, 0.15) is 12.8 Å². The van der Waals surface area contributed by atoms with E-state index in [-0.39, 0.29) is 5.69 Å². The van der Waals surface area contributed by atoms with Crippen LogP contribution in [-0.2, 0) is 13.7 Å². The molecule has 1 saturated heterocycles. The maximum atomic E-state index is 12.5. The van der Waals surface area contributed by atoms with Crippen LogP contribution in [0.25, 0.3) is 11.0 Å². The third-order valence-corrected chi connectivity index (χ3v) is 5.07. The van der Waals surface area contributed by atoms with Crippen LogP contribution in [0.2, 0.25) is 0 Å². The average molecular weight is 300 g/mol. The lowest BCUT2D eigenvalue weighted by atomic mass is 10.3. The summed E-state index contributed by atoms with van der Waals surface area (Å²) in [5, 5.41) is 0. The Morgan fingerprint density at radius 2 is 1.64 bits per heavy atom. The standard InChI is InChI=1S/C17H24N4O/c1-18-15-4-2-3-5-16(15)21(17(18)22)13-20-10-8-19(9-11-20)12-14-6-7-14/h2-5,14H,6-13H2,1H3. The number of rotatable bonds is 4. The zero-order valence-electron chi connectivity index (χ0n) is 13.2. The van der Waals surface area contributed by atoms with Gasteiger partial charge in [0.05, 0.1) is 17.7 Å². The van der Waals surface area contributed by atoms with Crippen molar-refractivity contribution in [3.05, 3.63) is 34.7 Å². The van der Waals surface area contributed by atoms with E-state index in [9.17, 15) is 4.79 Å². The Morgan fingerprint density at radius 3 is 2.32 bits per heavy atom. The van der Waals surface area contributed by atoms with Crippen molar-refractivity contribution in [2.75, 3.05) is 32.7 Å². The van der Waals surface area contributed by atoms with Gasteiger partial charge in [-0.15, -0.1) is 0 Å². The predicted molar refractivity (Wildman–Crippen MR) is 87.9 cm³/mol. The Bertz CT molecular complexity index is 720. The Kier molecular flexibility index (Phi) is 3.54. The van der Waals surface area contributed by atoms with Gasteiger partial charge in [-0.25, -0.2) is 4.79 Å². The molecule has 5 nitrogen and oxygen atoms in total. The zero-order valence-corrected chi connectivity index (χ0v) is 13.2. The smallest absolute Gasteiger partial charge is 0.301 e. The van der Waals surface area contributed by atoms with E-state index in [1.807, 2.05) is 35.9 Å². The third kappa shape index (κ3) is 2.59. The summed E-state index contributed by atoms with van der Waals surface area (Å²) in [5.74, 6) is 0.965. The molecule has 1 aromatic carbocycles. The van der Waals surface area contributed by atoms with Gasteiger partial charge in [-0.3, -0.25) is 14.0 Å². The van der Waals surface area contributed by atoms with Crippen LogP contribution < -0.4 is 5.69 Å². The fourth-order valence-corrected chi connectivity index (χ4v) is 3.48. The summed E-state index contributed by atoms with van der Waals surface area (Å²) in [4.78, 5) is 17.5. The van der Waals surface area contributed by atoms with Gasteiger partial charge in [-0.05, 0) is 30.9 Å². The van der Waals surface area contributed by atoms with E-state index in [2.05, 4.69) is 9.80 Å². The van der Waals surface area contributed by atoms with Crippen molar-refractivity contribution >= 4 is 11.0 Å². The van der Waals surface area contributed by atoms with E-state index in [4.69, 9.17) is 0 Å². The summed E-state index contributed by atoms with van der Waals surface area (Å²) >= 11 is 0. The van der Waals surface area contributed by atoms with Gasteiger partial charge in [-0.1, -0.05) is 12.1 Å². The highest BCUT2D eigenvalue weighted by molar-refractivity contribution is 5.75. The predicted octanol–water partition coefficient (Wildman–Crippen LogP) is 1.33. The molecule has 0 N–H and O–H groups in total. The highest BCUT2D eigenvalue weighted by atomic mass is 16.1. The molecule has 0 radical (unpaired) electrons. The van der Waals surface area contributed by atoms with E-state index in [0.717, 1.165) is 43.1 Å². The van der Waals surface area contributed by atoms with Crippen LogP contribution in [-0.4, -0.2) is 51.7 Å². The topological polar surface area (TPSA) is 33.4 Å². The van der Waals surface area contributed by atoms with Crippen molar-refractivity contribution in [1.82, 2.24) is 18.9 Å². The molecule has 0 atom stereocenters. The second-order valence-electron chi connectivity index (χ2n) is 6.76. The molecule has 0 unspecified atom stereocenters. The Balaban J connectivity index is 1.48. The highest BCUT2D eigenvalue weighted by Crippen LogP contribution is 2.29. The zero-order chi connectivity index (χ0) is 15.1. The van der Waals surface area contributed by atoms with Gasteiger partial charge in [0.2, 0.25) is 0 Å². The summed E-state index contributed by atoms with van der Waals surface area (Å²) in [5.41, 5.74) is 2.14. The minimum Gasteiger partial charge on any atom is -0.301 e. The number of aromatic nitrogens is 2. The Hall–Kier alpha value is -1.59. The minimum atomic E-state index is 0.0848. The summed E-state index contributed by atoms with van der Waals surface area (Å²) in [7, 11) is 1.86. The van der Waals surface area contributed by atoms with Gasteiger partial charge in [0, 0.05) is 39.8 Å². The number of benzene rings is 1. The molecule has 22 heavy (non-hydrogen) atoms. The lowest BCUT2D eigenvalue weighted by molar-refractivity contribution is 0.104. The lowest BCUT2D eigenvalue weighted by Crippen LogP contribution is -2.48. The molecule has 1 aromatic heterocycles. The van der Waals surface area contributed by atoms with E-state index < -0.39 is 0 Å². The number of fused-ring (bicyclic) bond motifs is 1. The Labute approximate surface area is 130 Å². The van der Waals surface area contributed by atoms with Crippen LogP contribution in [0.5, 0.6) is 0 Å². The second-order valence-corrected chi connectivity index (χ2v) is 6.76. The number of hydrogen-bond donors (Lipinski definition) is 0. The normalized spacial score (nSPS) is 20.8. The largest absolute Gasteiger partial charge is 0.329 e. The molecule has 2 aliphatic rings. The first-order valence-corrected chi connectivity index (χ1v) is 8.31. The number of nitrogens with zero attached hydrogens (tertiary/aromatic N) is 4. The SMILES string of the molecule is Cn1c(=O)n(CN2CCN(CC3CC3)CC2)c2ccccc21. The van der Waals surface area contributed by atoms with Gasteiger partial charge >= 0.3 is 5.69 Å². The summed E-state index contributed by atoms with van der Waals surface area (Å²) in [6.45, 7) is 6.37. The third-order valence-electron chi connectivity index (χ3n) is 5.07. The maximum Gasteiger partial charge on any atom is 0.329 e. The first kappa shape index (κ1) is 14.0. The molecule has 118 valence electrons. The first-order chi connectivity index (χ1) is 10.7. The van der Waals surface area contributed by atoms with Crippen LogP contribution in [0.4, 0.5) is 0 Å². The van der Waals surface area contributed by atoms with Gasteiger partial charge in [0.1, 0.15) is 0 Å². The lowest BCUT2D eigenvalue weighted by Gasteiger charge is -2.34. The summed E-state index contributed by atoms with van der Waals surface area (Å²) < 4.78 is 3.66. The number of para-hydroxylation sites is 2. The molecule has 1 saturated carbocycles. The molecule has 1 aliphatic heterocycles. The maximum absolute atomic E-state index is 12.5.